The molecule has 0 saturated carbocycles. The number of hydrogen-bond donors (Lipinski definition) is 1. The van der Waals surface area contributed by atoms with Crippen molar-refractivity contribution >= 4 is 18.1 Å². The van der Waals surface area contributed by atoms with Crippen LogP contribution in [0.1, 0.15) is 39.5 Å². The van der Waals surface area contributed by atoms with Crippen LogP contribution in [0.5, 0.6) is 0 Å². The zero-order valence-electron chi connectivity index (χ0n) is 9.41. The monoisotopic (exact) mass is 239 g/mol. The Balaban J connectivity index is 3.96. The molecule has 0 aromatic rings. The van der Waals surface area contributed by atoms with Gasteiger partial charge < -0.3 is 0 Å². The average Bonchev–Trinajstić information content (AvgIpc) is 2.07. The van der Waals surface area contributed by atoms with E-state index in [0.717, 1.165) is 38.0 Å². The van der Waals surface area contributed by atoms with E-state index >= 15 is 0 Å². The fourth-order valence-corrected chi connectivity index (χ4v) is 5.36. The third-order valence-corrected chi connectivity index (χ3v) is 5.93. The molecule has 0 aliphatic heterocycles. The van der Waals surface area contributed by atoms with E-state index in [-0.39, 0.29) is 0 Å². The zero-order chi connectivity index (χ0) is 11.0. The fraction of sp³-hybridized carbons (Fsp3) is 1.00. The Morgan fingerprint density at radius 2 is 1.50 bits per heavy atom. The summed E-state index contributed by atoms with van der Waals surface area (Å²) in [6.07, 6.45) is 7.82. The van der Waals surface area contributed by atoms with Crippen molar-refractivity contribution in [2.24, 2.45) is 0 Å². The molecule has 1 N–H and O–H groups in total. The topological polar surface area (TPSA) is 46.2 Å². The Hall–Kier alpha value is 0.340. The molecule has 0 aromatic heterocycles. The maximum absolute atomic E-state index is 11.1. The van der Waals surface area contributed by atoms with Gasteiger partial charge in [-0.15, -0.1) is 0 Å². The highest BCUT2D eigenvalue weighted by Crippen LogP contribution is 2.33. The highest BCUT2D eigenvalue weighted by Gasteiger charge is 2.11. The molecule has 0 aliphatic carbocycles. The predicted molar refractivity (Wildman–Crippen MR) is 64.4 cm³/mol. The largest absolute Gasteiger partial charge is 0.212 e. The maximum Gasteiger partial charge on any atom is 0.212 e. The molecule has 3 nitrogen and oxygen atoms in total. The summed E-state index contributed by atoms with van der Waals surface area (Å²) in [5.74, 6) is 0. The van der Waals surface area contributed by atoms with E-state index in [4.69, 9.17) is 0 Å². The zero-order valence-corrected chi connectivity index (χ0v) is 11.1. The van der Waals surface area contributed by atoms with Gasteiger partial charge in [-0.25, -0.2) is 8.42 Å². The highest BCUT2D eigenvalue weighted by atomic mass is 32.2. The minimum atomic E-state index is -3.01. The Bertz CT molecular complexity index is 221. The number of rotatable bonds is 8. The number of nitrogens with one attached hydrogen (secondary N) is 1. The van der Waals surface area contributed by atoms with E-state index in [2.05, 4.69) is 18.3 Å². The van der Waals surface area contributed by atoms with Gasteiger partial charge >= 0.3 is 0 Å². The molecule has 86 valence electrons. The molecule has 0 saturated heterocycles. The first-order chi connectivity index (χ1) is 6.49. The van der Waals surface area contributed by atoms with Crippen molar-refractivity contribution in [3.05, 3.63) is 0 Å². The van der Waals surface area contributed by atoms with Gasteiger partial charge in [0.25, 0.3) is 0 Å². The Labute approximate surface area is 89.5 Å². The lowest BCUT2D eigenvalue weighted by molar-refractivity contribution is 0.599. The van der Waals surface area contributed by atoms with Crippen molar-refractivity contribution in [3.63, 3.8) is 0 Å². The van der Waals surface area contributed by atoms with E-state index in [1.165, 1.54) is 6.26 Å². The van der Waals surface area contributed by atoms with Crippen LogP contribution in [-0.2, 0) is 10.0 Å². The van der Waals surface area contributed by atoms with Gasteiger partial charge in [-0.2, -0.15) is 4.49 Å². The van der Waals surface area contributed by atoms with Crippen LogP contribution in [-0.4, -0.2) is 27.0 Å². The van der Waals surface area contributed by atoms with E-state index < -0.39 is 18.1 Å². The molecular formula is C9H22NO2PS. The summed E-state index contributed by atoms with van der Waals surface area (Å²) in [4.78, 5) is 0. The minimum Gasteiger partial charge on any atom is -0.212 e. The Morgan fingerprint density at radius 3 is 1.79 bits per heavy atom. The first kappa shape index (κ1) is 14.3. The molecule has 14 heavy (non-hydrogen) atoms. The van der Waals surface area contributed by atoms with Crippen LogP contribution in [0.4, 0.5) is 0 Å². The molecule has 0 rings (SSSR count). The Kier molecular flexibility index (Phi) is 7.79. The van der Waals surface area contributed by atoms with E-state index in [0.29, 0.717) is 0 Å². The second-order valence-electron chi connectivity index (χ2n) is 3.56. The molecule has 5 heteroatoms. The van der Waals surface area contributed by atoms with Gasteiger partial charge in [-0.05, 0) is 33.2 Å². The van der Waals surface area contributed by atoms with Crippen LogP contribution < -0.4 is 4.49 Å². The minimum absolute atomic E-state index is 0.498. The SMILES string of the molecule is CCCCP(CCCC)NS(C)(=O)=O. The summed E-state index contributed by atoms with van der Waals surface area (Å²) in [6, 6.07) is 0. The molecule has 0 aliphatic rings. The maximum atomic E-state index is 11.1. The van der Waals surface area contributed by atoms with Crippen molar-refractivity contribution < 1.29 is 8.42 Å². The van der Waals surface area contributed by atoms with Gasteiger partial charge in [0.2, 0.25) is 10.0 Å². The molecule has 0 heterocycles. The summed E-state index contributed by atoms with van der Waals surface area (Å²) in [5.41, 5.74) is 0. The van der Waals surface area contributed by atoms with E-state index in [9.17, 15) is 8.42 Å². The van der Waals surface area contributed by atoms with Gasteiger partial charge in [-0.1, -0.05) is 26.7 Å². The van der Waals surface area contributed by atoms with Crippen molar-refractivity contribution in [3.8, 4) is 0 Å². The molecule has 0 aromatic carbocycles. The van der Waals surface area contributed by atoms with Gasteiger partial charge in [0.1, 0.15) is 0 Å². The van der Waals surface area contributed by atoms with E-state index in [1.807, 2.05) is 0 Å². The van der Waals surface area contributed by atoms with Crippen LogP contribution in [0.15, 0.2) is 0 Å². The van der Waals surface area contributed by atoms with Gasteiger partial charge in [0.15, 0.2) is 0 Å². The molecule has 0 atom stereocenters. The molecule has 0 unspecified atom stereocenters. The second-order valence-corrected chi connectivity index (χ2v) is 7.81. The summed E-state index contributed by atoms with van der Waals surface area (Å²) >= 11 is 0. The van der Waals surface area contributed by atoms with E-state index in [1.54, 1.807) is 0 Å². The lowest BCUT2D eigenvalue weighted by atomic mass is 10.4. The van der Waals surface area contributed by atoms with Crippen LogP contribution >= 0.6 is 8.07 Å². The van der Waals surface area contributed by atoms with Crippen molar-refractivity contribution in [1.82, 2.24) is 4.49 Å². The third kappa shape index (κ3) is 8.92. The average molecular weight is 239 g/mol. The highest BCUT2D eigenvalue weighted by molar-refractivity contribution is 7.94. The smallest absolute Gasteiger partial charge is 0.212 e. The number of unbranched alkanes of at least 4 members (excludes halogenated alkanes) is 2. The summed E-state index contributed by atoms with van der Waals surface area (Å²) in [7, 11) is -3.50. The van der Waals surface area contributed by atoms with Gasteiger partial charge in [-0.3, -0.25) is 0 Å². The standard InChI is InChI=1S/C9H22NO2PS/c1-4-6-8-13(9-7-5-2)10-14(3,11)12/h10H,4-9H2,1-3H3. The Morgan fingerprint density at radius 1 is 1.07 bits per heavy atom. The van der Waals surface area contributed by atoms with Crippen LogP contribution in [0.3, 0.4) is 0 Å². The van der Waals surface area contributed by atoms with Crippen LogP contribution in [0.2, 0.25) is 0 Å². The third-order valence-electron chi connectivity index (χ3n) is 1.86. The normalized spacial score (nSPS) is 12.3. The molecule has 0 spiro atoms. The van der Waals surface area contributed by atoms with Crippen LogP contribution in [0.25, 0.3) is 0 Å². The fourth-order valence-electron chi connectivity index (χ4n) is 1.14. The summed E-state index contributed by atoms with van der Waals surface area (Å²) < 4.78 is 24.9. The number of hydrogen-bond acceptors (Lipinski definition) is 2. The quantitative estimate of drug-likeness (QED) is 0.662. The molecule has 0 amide bonds. The molecular weight excluding hydrogens is 217 g/mol. The number of sulfonamides is 1. The summed E-state index contributed by atoms with van der Waals surface area (Å²) in [5, 5.41) is 0. The molecule has 0 fully saturated rings. The van der Waals surface area contributed by atoms with Gasteiger partial charge in [0.05, 0.1) is 6.26 Å². The van der Waals surface area contributed by atoms with Crippen molar-refractivity contribution in [1.29, 1.82) is 0 Å². The molecule has 0 bridgehead atoms. The summed E-state index contributed by atoms with van der Waals surface area (Å²) in [6.45, 7) is 4.27. The predicted octanol–water partition coefficient (Wildman–Crippen LogP) is 2.53. The second kappa shape index (κ2) is 7.61. The lowest BCUT2D eigenvalue weighted by Crippen LogP contribution is -2.19. The first-order valence-corrected chi connectivity index (χ1v) is 8.82. The van der Waals surface area contributed by atoms with Crippen LogP contribution in [0, 0.1) is 0 Å². The van der Waals surface area contributed by atoms with Gasteiger partial charge in [0, 0.05) is 0 Å². The van der Waals surface area contributed by atoms with Crippen molar-refractivity contribution in [2.75, 3.05) is 18.6 Å². The van der Waals surface area contributed by atoms with Crippen molar-refractivity contribution in [2.45, 2.75) is 39.5 Å². The first-order valence-electron chi connectivity index (χ1n) is 5.22. The molecule has 0 radical (unpaired) electrons. The lowest BCUT2D eigenvalue weighted by Gasteiger charge is -2.16.